The minimum atomic E-state index is -0.341. The molecule has 6 nitrogen and oxygen atoms in total. The fourth-order valence-electron chi connectivity index (χ4n) is 2.90. The van der Waals surface area contributed by atoms with Crippen LogP contribution in [0.5, 0.6) is 0 Å². The predicted molar refractivity (Wildman–Crippen MR) is 106 cm³/mol. The number of benzene rings is 2. The lowest BCUT2D eigenvalue weighted by atomic mass is 10.1. The Kier molecular flexibility index (Phi) is 5.26. The molecule has 0 bridgehead atoms. The summed E-state index contributed by atoms with van der Waals surface area (Å²) in [5, 5.41) is 5.65. The Bertz CT molecular complexity index is 874. The molecule has 0 radical (unpaired) electrons. The quantitative estimate of drug-likeness (QED) is 0.771. The van der Waals surface area contributed by atoms with Gasteiger partial charge < -0.3 is 15.5 Å². The van der Waals surface area contributed by atoms with E-state index in [-0.39, 0.29) is 29.4 Å². The minimum Gasteiger partial charge on any atom is -0.378 e. The molecule has 2 N–H and O–H groups in total. The van der Waals surface area contributed by atoms with Crippen LogP contribution < -0.4 is 15.5 Å². The van der Waals surface area contributed by atoms with Crippen molar-refractivity contribution in [1.29, 1.82) is 0 Å². The van der Waals surface area contributed by atoms with Gasteiger partial charge in [0.2, 0.25) is 11.8 Å². The van der Waals surface area contributed by atoms with Gasteiger partial charge in [0.05, 0.1) is 11.8 Å². The Morgan fingerprint density at radius 1 is 0.889 bits per heavy atom. The van der Waals surface area contributed by atoms with Gasteiger partial charge in [-0.15, -0.1) is 0 Å². The molecule has 2 unspecified atom stereocenters. The van der Waals surface area contributed by atoms with Gasteiger partial charge in [0, 0.05) is 36.7 Å². The number of Topliss-reactive ketones (excluding diaryl/α,β-unsaturated/α-hetero) is 1. The lowest BCUT2D eigenvalue weighted by molar-refractivity contribution is -0.122. The zero-order valence-corrected chi connectivity index (χ0v) is 15.7. The van der Waals surface area contributed by atoms with E-state index >= 15 is 0 Å². The number of nitrogens with zero attached hydrogens (tertiary/aromatic N) is 1. The first-order valence-corrected chi connectivity index (χ1v) is 8.85. The molecule has 6 heteroatoms. The number of nitrogens with one attached hydrogen (secondary N) is 2. The summed E-state index contributed by atoms with van der Waals surface area (Å²) in [4.78, 5) is 38.1. The summed E-state index contributed by atoms with van der Waals surface area (Å²) in [6.07, 6.45) is 0.528. The number of anilines is 3. The Morgan fingerprint density at radius 3 is 2.04 bits per heavy atom. The second-order valence-electron chi connectivity index (χ2n) is 7.01. The molecule has 1 aliphatic rings. The molecule has 1 aliphatic carbocycles. The highest BCUT2D eigenvalue weighted by molar-refractivity contribution is 6.04. The maximum Gasteiger partial charge on any atom is 0.228 e. The third-order valence-corrected chi connectivity index (χ3v) is 4.65. The summed E-state index contributed by atoms with van der Waals surface area (Å²) < 4.78 is 0. The molecular weight excluding hydrogens is 342 g/mol. The number of carbonyl (C=O) groups is 3. The zero-order valence-electron chi connectivity index (χ0n) is 15.7. The summed E-state index contributed by atoms with van der Waals surface area (Å²) >= 11 is 0. The molecular formula is C21H23N3O3. The topological polar surface area (TPSA) is 78.5 Å². The zero-order chi connectivity index (χ0) is 19.6. The van der Waals surface area contributed by atoms with E-state index in [9.17, 15) is 14.4 Å². The van der Waals surface area contributed by atoms with Gasteiger partial charge in [0.15, 0.2) is 5.78 Å². The van der Waals surface area contributed by atoms with Gasteiger partial charge in [-0.1, -0.05) is 12.1 Å². The molecule has 2 amide bonds. The average molecular weight is 365 g/mol. The SMILES string of the molecule is CC(=O)c1cccc(NC(=O)C2CC2C(=O)Nc2ccc(N(C)C)cc2)c1. The smallest absolute Gasteiger partial charge is 0.228 e. The number of amides is 2. The number of carbonyl (C=O) groups excluding carboxylic acids is 3. The Labute approximate surface area is 158 Å². The first-order valence-electron chi connectivity index (χ1n) is 8.85. The second kappa shape index (κ2) is 7.61. The Morgan fingerprint density at radius 2 is 1.48 bits per heavy atom. The number of rotatable bonds is 6. The van der Waals surface area contributed by atoms with Crippen LogP contribution in [0, 0.1) is 11.8 Å². The van der Waals surface area contributed by atoms with E-state index in [0.717, 1.165) is 5.69 Å². The second-order valence-corrected chi connectivity index (χ2v) is 7.01. The first kappa shape index (κ1) is 18.6. The van der Waals surface area contributed by atoms with Crippen LogP contribution in [0.15, 0.2) is 48.5 Å². The van der Waals surface area contributed by atoms with Gasteiger partial charge >= 0.3 is 0 Å². The summed E-state index contributed by atoms with van der Waals surface area (Å²) in [6.45, 7) is 1.48. The molecule has 0 aliphatic heterocycles. The van der Waals surface area contributed by atoms with Gasteiger partial charge in [-0.05, 0) is 49.7 Å². The fourth-order valence-corrected chi connectivity index (χ4v) is 2.90. The van der Waals surface area contributed by atoms with Crippen molar-refractivity contribution in [2.24, 2.45) is 11.8 Å². The molecule has 0 spiro atoms. The standard InChI is InChI=1S/C21H23N3O3/c1-13(25)14-5-4-6-16(11-14)23-21(27)19-12-18(19)20(26)22-15-7-9-17(10-8-15)24(2)3/h4-11,18-19H,12H2,1-3H3,(H,22,26)(H,23,27). The third-order valence-electron chi connectivity index (χ3n) is 4.65. The van der Waals surface area contributed by atoms with Crippen LogP contribution >= 0.6 is 0 Å². The van der Waals surface area contributed by atoms with Gasteiger partial charge in [-0.3, -0.25) is 14.4 Å². The highest BCUT2D eigenvalue weighted by Gasteiger charge is 2.48. The normalized spacial score (nSPS) is 17.7. The first-order chi connectivity index (χ1) is 12.8. The molecule has 2 atom stereocenters. The summed E-state index contributed by atoms with van der Waals surface area (Å²) in [7, 11) is 3.90. The number of hydrogen-bond donors (Lipinski definition) is 2. The molecule has 1 fully saturated rings. The van der Waals surface area contributed by atoms with E-state index in [2.05, 4.69) is 10.6 Å². The van der Waals surface area contributed by atoms with Crippen molar-refractivity contribution in [3.8, 4) is 0 Å². The Balaban J connectivity index is 1.55. The third kappa shape index (κ3) is 4.53. The maximum atomic E-state index is 12.4. The van der Waals surface area contributed by atoms with Crippen molar-refractivity contribution in [2.45, 2.75) is 13.3 Å². The van der Waals surface area contributed by atoms with Gasteiger partial charge in [-0.25, -0.2) is 0 Å². The highest BCUT2D eigenvalue weighted by atomic mass is 16.2. The summed E-state index contributed by atoms with van der Waals surface area (Å²) in [5.41, 5.74) is 2.87. The van der Waals surface area contributed by atoms with E-state index in [4.69, 9.17) is 0 Å². The van der Waals surface area contributed by atoms with Crippen molar-refractivity contribution in [1.82, 2.24) is 0 Å². The molecule has 2 aromatic rings. The van der Waals surface area contributed by atoms with Crippen molar-refractivity contribution in [3.63, 3.8) is 0 Å². The molecule has 1 saturated carbocycles. The van der Waals surface area contributed by atoms with Crippen LogP contribution in [0.25, 0.3) is 0 Å². The summed E-state index contributed by atoms with van der Waals surface area (Å²) in [6, 6.07) is 14.3. The summed E-state index contributed by atoms with van der Waals surface area (Å²) in [5.74, 6) is -1.07. The fraction of sp³-hybridized carbons (Fsp3) is 0.286. The maximum absolute atomic E-state index is 12.4. The van der Waals surface area contributed by atoms with Crippen molar-refractivity contribution in [2.75, 3.05) is 29.6 Å². The molecule has 27 heavy (non-hydrogen) atoms. The molecule has 0 heterocycles. The molecule has 2 aromatic carbocycles. The minimum absolute atomic E-state index is 0.0601. The van der Waals surface area contributed by atoms with Crippen LogP contribution in [0.4, 0.5) is 17.1 Å². The van der Waals surface area contributed by atoms with Gasteiger partial charge in [0.25, 0.3) is 0 Å². The van der Waals surface area contributed by atoms with Crippen LogP contribution in [0.1, 0.15) is 23.7 Å². The van der Waals surface area contributed by atoms with Crippen molar-refractivity contribution < 1.29 is 14.4 Å². The van der Waals surface area contributed by atoms with E-state index in [1.807, 2.05) is 43.3 Å². The largest absolute Gasteiger partial charge is 0.378 e. The van der Waals surface area contributed by atoms with Crippen molar-refractivity contribution in [3.05, 3.63) is 54.1 Å². The van der Waals surface area contributed by atoms with E-state index in [1.54, 1.807) is 24.3 Å². The molecule has 3 rings (SSSR count). The van der Waals surface area contributed by atoms with E-state index in [0.29, 0.717) is 23.4 Å². The van der Waals surface area contributed by atoms with Crippen LogP contribution in [0.2, 0.25) is 0 Å². The van der Waals surface area contributed by atoms with Gasteiger partial charge in [-0.2, -0.15) is 0 Å². The Hall–Kier alpha value is -3.15. The lowest BCUT2D eigenvalue weighted by Gasteiger charge is -2.13. The monoisotopic (exact) mass is 365 g/mol. The average Bonchev–Trinajstić information content (AvgIpc) is 3.43. The number of ketones is 1. The van der Waals surface area contributed by atoms with Crippen molar-refractivity contribution >= 4 is 34.7 Å². The molecule has 0 aromatic heterocycles. The van der Waals surface area contributed by atoms with Gasteiger partial charge in [0.1, 0.15) is 0 Å². The van der Waals surface area contributed by atoms with Crippen LogP contribution in [-0.4, -0.2) is 31.7 Å². The molecule has 140 valence electrons. The number of hydrogen-bond acceptors (Lipinski definition) is 4. The van der Waals surface area contributed by atoms with Crippen LogP contribution in [-0.2, 0) is 9.59 Å². The molecule has 0 saturated heterocycles. The van der Waals surface area contributed by atoms with E-state index in [1.165, 1.54) is 6.92 Å². The van der Waals surface area contributed by atoms with Crippen LogP contribution in [0.3, 0.4) is 0 Å². The van der Waals surface area contributed by atoms with E-state index < -0.39 is 0 Å². The highest BCUT2D eigenvalue weighted by Crippen LogP contribution is 2.40. The predicted octanol–water partition coefficient (Wildman–Crippen LogP) is 3.17. The lowest BCUT2D eigenvalue weighted by Crippen LogP contribution is -2.20.